The van der Waals surface area contributed by atoms with E-state index < -0.39 is 0 Å². The fourth-order valence-electron chi connectivity index (χ4n) is 5.27. The van der Waals surface area contributed by atoms with Crippen molar-refractivity contribution >= 4 is 22.5 Å². The van der Waals surface area contributed by atoms with Crippen LogP contribution in [0.5, 0.6) is 5.88 Å². The molecule has 8 heteroatoms. The number of amides is 1. The summed E-state index contributed by atoms with van der Waals surface area (Å²) in [6.07, 6.45) is 3.62. The van der Waals surface area contributed by atoms with Crippen molar-refractivity contribution in [2.24, 2.45) is 0 Å². The maximum absolute atomic E-state index is 13.1. The molecule has 2 N–H and O–H groups in total. The van der Waals surface area contributed by atoms with Crippen molar-refractivity contribution in [1.82, 2.24) is 20.1 Å². The highest BCUT2D eigenvalue weighted by molar-refractivity contribution is 6.11. The number of aromatic amines is 1. The zero-order valence-electron chi connectivity index (χ0n) is 21.3. The van der Waals surface area contributed by atoms with Crippen LogP contribution in [0.25, 0.3) is 22.0 Å². The largest absolute Gasteiger partial charge is 0.475 e. The van der Waals surface area contributed by atoms with Crippen molar-refractivity contribution in [1.29, 1.82) is 0 Å². The number of hydrogen-bond donors (Lipinski definition) is 2. The van der Waals surface area contributed by atoms with E-state index in [1.54, 1.807) is 18.3 Å². The lowest BCUT2D eigenvalue weighted by atomic mass is 9.96. The number of pyridine rings is 1. The van der Waals surface area contributed by atoms with Crippen LogP contribution < -0.4 is 10.1 Å². The molecule has 2 aromatic carbocycles. The normalized spacial score (nSPS) is 19.1. The second-order valence-corrected chi connectivity index (χ2v) is 10.4. The van der Waals surface area contributed by atoms with Gasteiger partial charge in [-0.25, -0.2) is 4.98 Å². The number of hydrogen-bond acceptors (Lipinski definition) is 6. The van der Waals surface area contributed by atoms with Crippen molar-refractivity contribution in [3.8, 4) is 17.0 Å². The van der Waals surface area contributed by atoms with Crippen molar-refractivity contribution in [2.75, 3.05) is 18.4 Å². The Kier molecular flexibility index (Phi) is 6.14. The summed E-state index contributed by atoms with van der Waals surface area (Å²) >= 11 is 0. The Hall–Kier alpha value is -3.75. The molecule has 0 aliphatic carbocycles. The Balaban J connectivity index is 1.22. The molecule has 190 valence electrons. The minimum atomic E-state index is -0.293. The molecule has 3 saturated heterocycles. The summed E-state index contributed by atoms with van der Waals surface area (Å²) in [7, 11) is 0. The maximum atomic E-state index is 13.1. The molecule has 3 aliphatic heterocycles. The van der Waals surface area contributed by atoms with E-state index >= 15 is 0 Å². The summed E-state index contributed by atoms with van der Waals surface area (Å²) in [5.41, 5.74) is 6.43. The number of carbonyl (C=O) groups is 1. The number of aromatic nitrogens is 3. The second kappa shape index (κ2) is 9.61. The number of aryl methyl sites for hydroxylation is 1. The molecule has 2 aromatic heterocycles. The fourth-order valence-corrected chi connectivity index (χ4v) is 5.27. The van der Waals surface area contributed by atoms with E-state index in [4.69, 9.17) is 9.47 Å². The van der Waals surface area contributed by atoms with Crippen LogP contribution in [0.1, 0.15) is 41.9 Å². The van der Waals surface area contributed by atoms with Crippen LogP contribution in [0, 0.1) is 6.92 Å². The molecule has 1 amide bonds. The molecule has 5 heterocycles. The predicted molar refractivity (Wildman–Crippen MR) is 143 cm³/mol. The number of anilines is 1. The van der Waals surface area contributed by atoms with E-state index in [9.17, 15) is 4.79 Å². The number of nitrogens with zero attached hydrogens (tertiary/aromatic N) is 3. The van der Waals surface area contributed by atoms with E-state index in [1.165, 1.54) is 17.5 Å². The van der Waals surface area contributed by atoms with Gasteiger partial charge in [-0.05, 0) is 61.7 Å². The van der Waals surface area contributed by atoms with Crippen molar-refractivity contribution in [2.45, 2.75) is 52.0 Å². The molecule has 0 radical (unpaired) electrons. The van der Waals surface area contributed by atoms with Gasteiger partial charge >= 0.3 is 0 Å². The highest BCUT2D eigenvalue weighted by atomic mass is 16.5. The van der Waals surface area contributed by atoms with Crippen LogP contribution in [0.4, 0.5) is 5.69 Å². The van der Waals surface area contributed by atoms with Gasteiger partial charge in [-0.15, -0.1) is 0 Å². The van der Waals surface area contributed by atoms with E-state index in [1.807, 2.05) is 26.0 Å². The molecule has 2 unspecified atom stereocenters. The SMILES string of the molecule is Cc1cc(CN2CC3CC(C2)O3)cc(-c2ccc3[nH]nc(C(=O)Nc4ccc(OC(C)C)nc4)c3c2)c1. The second-order valence-electron chi connectivity index (χ2n) is 10.4. The number of benzene rings is 2. The van der Waals surface area contributed by atoms with Gasteiger partial charge in [0, 0.05) is 37.5 Å². The smallest absolute Gasteiger partial charge is 0.276 e. The van der Waals surface area contributed by atoms with Gasteiger partial charge in [-0.2, -0.15) is 5.10 Å². The average molecular weight is 498 g/mol. The third kappa shape index (κ3) is 5.08. The Morgan fingerprint density at radius 1 is 1.14 bits per heavy atom. The van der Waals surface area contributed by atoms with Gasteiger partial charge in [-0.3, -0.25) is 14.8 Å². The molecule has 7 rings (SSSR count). The van der Waals surface area contributed by atoms with Crippen LogP contribution in [0.15, 0.2) is 54.7 Å². The van der Waals surface area contributed by atoms with Gasteiger partial charge in [0.25, 0.3) is 5.91 Å². The van der Waals surface area contributed by atoms with E-state index in [-0.39, 0.29) is 12.0 Å². The number of rotatable bonds is 7. The number of ether oxygens (including phenoxy) is 2. The quantitative estimate of drug-likeness (QED) is 0.376. The molecule has 0 saturated carbocycles. The number of carbonyl (C=O) groups excluding carboxylic acids is 1. The molecule has 3 aliphatic rings. The first-order valence-electron chi connectivity index (χ1n) is 12.8. The number of fused-ring (bicyclic) bond motifs is 3. The first-order chi connectivity index (χ1) is 17.9. The third-order valence-corrected chi connectivity index (χ3v) is 6.84. The standard InChI is InChI=1S/C29H31N5O3/c1-17(2)36-27-7-5-22(13-30-27)31-29(35)28-25-11-20(4-6-26(25)32-33-28)21-9-18(3)8-19(10-21)14-34-15-23-12-24(16-34)37-23/h4-11,13,17,23-24H,12,14-16H2,1-3H3,(H,31,35)(H,32,33). The Morgan fingerprint density at radius 2 is 1.95 bits per heavy atom. The Morgan fingerprint density at radius 3 is 2.68 bits per heavy atom. The summed E-state index contributed by atoms with van der Waals surface area (Å²) in [6.45, 7) is 8.94. The zero-order chi connectivity index (χ0) is 25.5. The van der Waals surface area contributed by atoms with Gasteiger partial charge in [0.2, 0.25) is 5.88 Å². The highest BCUT2D eigenvalue weighted by Gasteiger charge is 2.38. The Bertz CT molecular complexity index is 1430. The monoisotopic (exact) mass is 497 g/mol. The van der Waals surface area contributed by atoms with Gasteiger partial charge in [0.15, 0.2) is 5.69 Å². The molecule has 8 nitrogen and oxygen atoms in total. The zero-order valence-corrected chi connectivity index (χ0v) is 21.3. The van der Waals surface area contributed by atoms with Gasteiger partial charge in [0.05, 0.1) is 35.7 Å². The Labute approximate surface area is 216 Å². The number of H-pyrrole nitrogens is 1. The third-order valence-electron chi connectivity index (χ3n) is 6.84. The summed E-state index contributed by atoms with van der Waals surface area (Å²) in [5.74, 6) is 0.226. The lowest BCUT2D eigenvalue weighted by Crippen LogP contribution is -2.56. The summed E-state index contributed by atoms with van der Waals surface area (Å²) in [4.78, 5) is 19.8. The van der Waals surface area contributed by atoms with E-state index in [0.29, 0.717) is 29.5 Å². The molecular formula is C29H31N5O3. The van der Waals surface area contributed by atoms with Gasteiger partial charge in [-0.1, -0.05) is 23.8 Å². The van der Waals surface area contributed by atoms with Crippen LogP contribution in [0.3, 0.4) is 0 Å². The van der Waals surface area contributed by atoms with Gasteiger partial charge in [0.1, 0.15) is 0 Å². The van der Waals surface area contributed by atoms with Crippen molar-refractivity contribution < 1.29 is 14.3 Å². The molecule has 2 atom stereocenters. The topological polar surface area (TPSA) is 92.4 Å². The van der Waals surface area contributed by atoms with Crippen LogP contribution in [-0.4, -0.2) is 57.4 Å². The fraction of sp³-hybridized carbons (Fsp3) is 0.345. The highest BCUT2D eigenvalue weighted by Crippen LogP contribution is 2.31. The first kappa shape index (κ1) is 23.6. The average Bonchev–Trinajstić information content (AvgIpc) is 3.28. The number of nitrogens with one attached hydrogen (secondary N) is 2. The summed E-state index contributed by atoms with van der Waals surface area (Å²) in [6, 6.07) is 16.3. The molecule has 3 fully saturated rings. The first-order valence-corrected chi connectivity index (χ1v) is 12.8. The summed E-state index contributed by atoms with van der Waals surface area (Å²) < 4.78 is 11.4. The molecular weight excluding hydrogens is 466 g/mol. The van der Waals surface area contributed by atoms with Crippen LogP contribution in [0.2, 0.25) is 0 Å². The molecule has 37 heavy (non-hydrogen) atoms. The lowest BCUT2D eigenvalue weighted by molar-refractivity contribution is -0.182. The maximum Gasteiger partial charge on any atom is 0.276 e. The van der Waals surface area contributed by atoms with Crippen LogP contribution >= 0.6 is 0 Å². The van der Waals surface area contributed by atoms with Crippen molar-refractivity contribution in [3.63, 3.8) is 0 Å². The minimum absolute atomic E-state index is 0.0342. The molecule has 2 bridgehead atoms. The molecule has 0 spiro atoms. The van der Waals surface area contributed by atoms with E-state index in [2.05, 4.69) is 56.6 Å². The van der Waals surface area contributed by atoms with Crippen LogP contribution in [-0.2, 0) is 11.3 Å². The lowest BCUT2D eigenvalue weighted by Gasteiger charge is -2.47. The molecule has 4 aromatic rings. The number of piperidine rings is 1. The summed E-state index contributed by atoms with van der Waals surface area (Å²) in [5, 5.41) is 11.0. The predicted octanol–water partition coefficient (Wildman–Crippen LogP) is 4.95. The number of morpholine rings is 1. The van der Waals surface area contributed by atoms with Crippen molar-refractivity contribution in [3.05, 3.63) is 71.5 Å². The van der Waals surface area contributed by atoms with Gasteiger partial charge < -0.3 is 14.8 Å². The minimum Gasteiger partial charge on any atom is -0.475 e. The van der Waals surface area contributed by atoms with E-state index in [0.717, 1.165) is 41.7 Å².